The Morgan fingerprint density at radius 3 is 2.41 bits per heavy atom. The van der Waals surface area contributed by atoms with Gasteiger partial charge in [-0.05, 0) is 61.7 Å². The Morgan fingerprint density at radius 1 is 1.28 bits per heavy atom. The third-order valence-electron chi connectivity index (χ3n) is 4.70. The fourth-order valence-corrected chi connectivity index (χ4v) is 3.68. The van der Waals surface area contributed by atoms with Crippen molar-refractivity contribution in [2.24, 2.45) is 5.92 Å². The summed E-state index contributed by atoms with van der Waals surface area (Å²) in [5.41, 5.74) is 3.83. The first-order valence-electron chi connectivity index (χ1n) is 10.7. The maximum Gasteiger partial charge on any atom is 0.168 e. The van der Waals surface area contributed by atoms with Crippen LogP contribution in [0.3, 0.4) is 0 Å². The number of rotatable bonds is 9. The SMILES string of the molecule is C=C(S/C(C)=C\C)/C(C(=O)C(C)C)=C(/C)NCc1ccc(Cl)cc1.CNC1=CCNC=C1. The smallest absolute Gasteiger partial charge is 0.168 e. The van der Waals surface area contributed by atoms with Gasteiger partial charge in [0.1, 0.15) is 0 Å². The van der Waals surface area contributed by atoms with Gasteiger partial charge in [-0.15, -0.1) is 0 Å². The molecule has 2 rings (SSSR count). The fourth-order valence-electron chi connectivity index (χ4n) is 2.69. The van der Waals surface area contributed by atoms with Gasteiger partial charge in [0.25, 0.3) is 0 Å². The first-order valence-corrected chi connectivity index (χ1v) is 11.9. The summed E-state index contributed by atoms with van der Waals surface area (Å²) in [4.78, 5) is 14.6. The van der Waals surface area contributed by atoms with Crippen molar-refractivity contribution in [2.75, 3.05) is 13.6 Å². The Labute approximate surface area is 203 Å². The first-order chi connectivity index (χ1) is 15.2. The molecule has 0 aromatic heterocycles. The summed E-state index contributed by atoms with van der Waals surface area (Å²) in [6.45, 7) is 15.5. The van der Waals surface area contributed by atoms with Crippen LogP contribution in [0.2, 0.25) is 5.02 Å². The van der Waals surface area contributed by atoms with Gasteiger partial charge in [0.05, 0.1) is 0 Å². The molecule has 1 aromatic rings. The third kappa shape index (κ3) is 9.84. The molecule has 0 atom stereocenters. The molecule has 0 spiro atoms. The van der Waals surface area contributed by atoms with Crippen molar-refractivity contribution in [3.8, 4) is 0 Å². The van der Waals surface area contributed by atoms with E-state index in [2.05, 4.69) is 28.6 Å². The highest BCUT2D eigenvalue weighted by Crippen LogP contribution is 2.32. The summed E-state index contributed by atoms with van der Waals surface area (Å²) in [5.74, 6) is 0.0352. The monoisotopic (exact) mass is 473 g/mol. The van der Waals surface area contributed by atoms with Crippen molar-refractivity contribution in [3.63, 3.8) is 0 Å². The largest absolute Gasteiger partial charge is 0.388 e. The lowest BCUT2D eigenvalue weighted by Crippen LogP contribution is -2.20. The second-order valence-corrected chi connectivity index (χ2v) is 9.35. The Bertz CT molecular complexity index is 896. The standard InChI is InChI=1S/C20H26ClNOS.C6H10N2/c1-7-14(4)24-16(6)19(20(23)13(2)3)15(5)22-12-17-8-10-18(21)11-9-17;1-7-6-2-4-8-5-3-6/h7-11,13,22H,6,12H2,1-5H3;2-4,7-8H,5H2,1H3/b14-7-,19-15+;. The minimum Gasteiger partial charge on any atom is -0.388 e. The number of carbonyl (C=O) groups excluding carboxylic acids is 1. The van der Waals surface area contributed by atoms with Gasteiger partial charge < -0.3 is 16.0 Å². The van der Waals surface area contributed by atoms with Gasteiger partial charge in [-0.1, -0.05) is 62.0 Å². The molecule has 1 aromatic carbocycles. The number of dihydropyridines is 1. The van der Waals surface area contributed by atoms with Crippen LogP contribution >= 0.6 is 23.4 Å². The fraction of sp³-hybridized carbons (Fsp3) is 0.346. The summed E-state index contributed by atoms with van der Waals surface area (Å²) in [5, 5.41) is 10.2. The second kappa shape index (κ2) is 14.6. The van der Waals surface area contributed by atoms with E-state index in [9.17, 15) is 4.79 Å². The van der Waals surface area contributed by atoms with Gasteiger partial charge in [-0.25, -0.2) is 0 Å². The molecular weight excluding hydrogens is 438 g/mol. The first kappa shape index (κ1) is 27.7. The van der Waals surface area contributed by atoms with Crippen LogP contribution in [0.15, 0.2) is 82.0 Å². The molecule has 3 N–H and O–H groups in total. The van der Waals surface area contributed by atoms with Crippen LogP contribution in [0.4, 0.5) is 0 Å². The normalized spacial score (nSPS) is 13.9. The molecule has 32 heavy (non-hydrogen) atoms. The molecule has 0 amide bonds. The number of benzene rings is 1. The summed E-state index contributed by atoms with van der Waals surface area (Å²) in [6, 6.07) is 7.67. The maximum absolute atomic E-state index is 12.6. The van der Waals surface area contributed by atoms with E-state index < -0.39 is 0 Å². The molecule has 1 aliphatic rings. The summed E-state index contributed by atoms with van der Waals surface area (Å²) < 4.78 is 0. The minimum absolute atomic E-state index is 0.0736. The zero-order valence-electron chi connectivity index (χ0n) is 20.0. The lowest BCUT2D eigenvalue weighted by molar-refractivity contribution is -0.118. The number of thioether (sulfide) groups is 1. The number of allylic oxidation sites excluding steroid dienone is 5. The second-order valence-electron chi connectivity index (χ2n) is 7.57. The molecule has 0 unspecified atom stereocenters. The molecule has 6 heteroatoms. The van der Waals surface area contributed by atoms with Crippen molar-refractivity contribution in [1.29, 1.82) is 0 Å². The van der Waals surface area contributed by atoms with E-state index in [0.29, 0.717) is 17.1 Å². The van der Waals surface area contributed by atoms with Crippen molar-refractivity contribution in [2.45, 2.75) is 41.2 Å². The van der Waals surface area contributed by atoms with E-state index in [-0.39, 0.29) is 11.7 Å². The van der Waals surface area contributed by atoms with Crippen LogP contribution in [0, 0.1) is 5.92 Å². The predicted octanol–water partition coefficient (Wildman–Crippen LogP) is 6.31. The number of carbonyl (C=O) groups is 1. The number of halogens is 1. The lowest BCUT2D eigenvalue weighted by Gasteiger charge is -2.17. The van der Waals surface area contributed by atoms with E-state index >= 15 is 0 Å². The van der Waals surface area contributed by atoms with Crippen molar-refractivity contribution in [1.82, 2.24) is 16.0 Å². The Balaban J connectivity index is 0.000000533. The van der Waals surface area contributed by atoms with Gasteiger partial charge in [-0.3, -0.25) is 4.79 Å². The van der Waals surface area contributed by atoms with Crippen molar-refractivity contribution < 1.29 is 4.79 Å². The Kier molecular flexibility index (Phi) is 12.7. The van der Waals surface area contributed by atoms with E-state index in [4.69, 9.17) is 11.6 Å². The summed E-state index contributed by atoms with van der Waals surface area (Å²) >= 11 is 7.45. The van der Waals surface area contributed by atoms with E-state index in [0.717, 1.165) is 27.6 Å². The zero-order valence-corrected chi connectivity index (χ0v) is 21.6. The van der Waals surface area contributed by atoms with E-state index in [1.54, 1.807) is 0 Å². The van der Waals surface area contributed by atoms with Gasteiger partial charge in [0.2, 0.25) is 0 Å². The summed E-state index contributed by atoms with van der Waals surface area (Å²) in [7, 11) is 1.92. The molecule has 1 heterocycles. The van der Waals surface area contributed by atoms with Gasteiger partial charge in [0.15, 0.2) is 5.78 Å². The summed E-state index contributed by atoms with van der Waals surface area (Å²) in [6.07, 6.45) is 8.05. The van der Waals surface area contributed by atoms with Crippen LogP contribution in [0.1, 0.15) is 40.2 Å². The van der Waals surface area contributed by atoms with Crippen molar-refractivity contribution >= 4 is 29.1 Å². The van der Waals surface area contributed by atoms with E-state index in [1.807, 2.05) is 84.3 Å². The zero-order chi connectivity index (χ0) is 24.1. The number of hydrogen-bond acceptors (Lipinski definition) is 5. The molecule has 1 aliphatic heterocycles. The Morgan fingerprint density at radius 2 is 1.94 bits per heavy atom. The van der Waals surface area contributed by atoms with Crippen LogP contribution < -0.4 is 16.0 Å². The number of ketones is 1. The number of hydrogen-bond donors (Lipinski definition) is 3. The number of nitrogens with one attached hydrogen (secondary N) is 3. The molecule has 4 nitrogen and oxygen atoms in total. The van der Waals surface area contributed by atoms with Crippen molar-refractivity contribution in [3.05, 3.63) is 92.6 Å². The molecule has 0 aliphatic carbocycles. The third-order valence-corrected chi connectivity index (χ3v) is 5.96. The number of Topliss-reactive ketones (excluding diaryl/α,β-unsaturated/α-hetero) is 1. The molecule has 0 fully saturated rings. The molecule has 0 saturated heterocycles. The predicted molar refractivity (Wildman–Crippen MR) is 141 cm³/mol. The highest BCUT2D eigenvalue weighted by Gasteiger charge is 2.20. The maximum atomic E-state index is 12.6. The van der Waals surface area contributed by atoms with Crippen LogP contribution in [0.5, 0.6) is 0 Å². The Hall–Kier alpha value is -2.37. The topological polar surface area (TPSA) is 53.2 Å². The molecular formula is C26H36ClN3OS. The lowest BCUT2D eigenvalue weighted by atomic mass is 9.99. The van der Waals surface area contributed by atoms with Gasteiger partial charge >= 0.3 is 0 Å². The highest BCUT2D eigenvalue weighted by atomic mass is 35.5. The molecule has 174 valence electrons. The molecule has 0 bridgehead atoms. The highest BCUT2D eigenvalue weighted by molar-refractivity contribution is 8.06. The minimum atomic E-state index is -0.0736. The van der Waals surface area contributed by atoms with Crippen LogP contribution in [-0.2, 0) is 11.3 Å². The van der Waals surface area contributed by atoms with Crippen LogP contribution in [0.25, 0.3) is 0 Å². The van der Waals surface area contributed by atoms with E-state index in [1.165, 1.54) is 17.5 Å². The molecule has 0 radical (unpaired) electrons. The quantitative estimate of drug-likeness (QED) is 0.290. The van der Waals surface area contributed by atoms with Crippen LogP contribution in [-0.4, -0.2) is 19.4 Å². The van der Waals surface area contributed by atoms with Gasteiger partial charge in [-0.2, -0.15) is 0 Å². The van der Waals surface area contributed by atoms with Gasteiger partial charge in [0, 0.05) is 53.0 Å². The average molecular weight is 474 g/mol. The molecule has 0 saturated carbocycles. The average Bonchev–Trinajstić information content (AvgIpc) is 2.79. The number of likely N-dealkylation sites (N-methyl/N-ethyl adjacent to an activating group) is 1.